The van der Waals surface area contributed by atoms with Gasteiger partial charge in [-0.2, -0.15) is 0 Å². The van der Waals surface area contributed by atoms with Crippen molar-refractivity contribution in [2.24, 2.45) is 5.92 Å². The third-order valence-corrected chi connectivity index (χ3v) is 6.48. The number of hydrogen-bond donors (Lipinski definition) is 3. The minimum Gasteiger partial charge on any atom is -0.480 e. The first-order chi connectivity index (χ1) is 16.3. The number of anilines is 1. The van der Waals surface area contributed by atoms with E-state index in [2.05, 4.69) is 29.7 Å². The molecule has 1 aliphatic rings. The minimum absolute atomic E-state index is 0.181. The number of carboxylic acids is 1. The van der Waals surface area contributed by atoms with Crippen LogP contribution in [0, 0.1) is 5.92 Å². The molecule has 0 bridgehead atoms. The molecular formula is C25H31Cl2N3O4. The lowest BCUT2D eigenvalue weighted by Crippen LogP contribution is -2.40. The molecule has 1 aromatic heterocycles. The number of ketones is 1. The van der Waals surface area contributed by atoms with E-state index >= 15 is 0 Å². The van der Waals surface area contributed by atoms with E-state index in [1.54, 1.807) is 18.2 Å². The van der Waals surface area contributed by atoms with Gasteiger partial charge in [-0.1, -0.05) is 42.3 Å². The van der Waals surface area contributed by atoms with Gasteiger partial charge in [0.2, 0.25) is 0 Å². The monoisotopic (exact) mass is 507 g/mol. The smallest absolute Gasteiger partial charge is 0.320 e. The fourth-order valence-electron chi connectivity index (χ4n) is 3.85. The zero-order valence-electron chi connectivity index (χ0n) is 19.3. The average Bonchev–Trinajstić information content (AvgIpc) is 2.81. The van der Waals surface area contributed by atoms with Gasteiger partial charge in [-0.05, 0) is 61.8 Å². The third kappa shape index (κ3) is 7.67. The summed E-state index contributed by atoms with van der Waals surface area (Å²) in [5.74, 6) is -0.0784. The second-order valence-electron chi connectivity index (χ2n) is 8.64. The van der Waals surface area contributed by atoms with Gasteiger partial charge in [0.15, 0.2) is 5.78 Å². The number of hydrogen-bond acceptors (Lipinski definition) is 6. The Kier molecular flexibility index (Phi) is 10.1. The van der Waals surface area contributed by atoms with Gasteiger partial charge in [-0.25, -0.2) is 4.98 Å². The van der Waals surface area contributed by atoms with Crippen molar-refractivity contribution in [3.63, 3.8) is 0 Å². The standard InChI is InChI=1S/C25H31Cl2N3O4/c1-16(7-9-18-10-8-17-4-3-12-28-24(17)30-18)15-34-13-11-21(25(32)33)29-14-22(31)23-19(26)5-2-6-20(23)27/h2,5-6,8,10,16,21,29H,3-4,7,9,11-15H2,1H3,(H,28,30)(H,32,33)/t16-,21+/m0/s1. The molecule has 34 heavy (non-hydrogen) atoms. The number of carbonyl (C=O) groups is 2. The molecule has 1 aliphatic heterocycles. The Morgan fingerprint density at radius 3 is 2.71 bits per heavy atom. The summed E-state index contributed by atoms with van der Waals surface area (Å²) in [6, 6.07) is 8.14. The zero-order chi connectivity index (χ0) is 24.5. The van der Waals surface area contributed by atoms with Crippen molar-refractivity contribution in [2.75, 3.05) is 31.6 Å². The number of pyridine rings is 1. The molecule has 0 fully saturated rings. The number of aryl methyl sites for hydroxylation is 2. The number of rotatable bonds is 13. The van der Waals surface area contributed by atoms with Crippen LogP contribution in [0.4, 0.5) is 5.82 Å². The number of carboxylic acid groups (broad SMARTS) is 1. The van der Waals surface area contributed by atoms with Crippen LogP contribution in [0.2, 0.25) is 10.0 Å². The van der Waals surface area contributed by atoms with Crippen LogP contribution in [0.15, 0.2) is 30.3 Å². The second-order valence-corrected chi connectivity index (χ2v) is 9.45. The minimum atomic E-state index is -1.04. The van der Waals surface area contributed by atoms with Gasteiger partial charge in [0.25, 0.3) is 0 Å². The van der Waals surface area contributed by atoms with Crippen molar-refractivity contribution in [2.45, 2.75) is 45.1 Å². The first kappa shape index (κ1) is 26.4. The topological polar surface area (TPSA) is 101 Å². The van der Waals surface area contributed by atoms with Gasteiger partial charge >= 0.3 is 5.97 Å². The molecular weight excluding hydrogens is 477 g/mol. The molecule has 0 unspecified atom stereocenters. The first-order valence-corrected chi connectivity index (χ1v) is 12.3. The molecule has 3 N–H and O–H groups in total. The summed E-state index contributed by atoms with van der Waals surface area (Å²) in [6.07, 6.45) is 4.26. The summed E-state index contributed by atoms with van der Waals surface area (Å²) in [6.45, 7) is 3.71. The largest absolute Gasteiger partial charge is 0.480 e. The molecule has 1 aromatic carbocycles. The van der Waals surface area contributed by atoms with Gasteiger partial charge < -0.3 is 15.2 Å². The number of fused-ring (bicyclic) bond motifs is 1. The van der Waals surface area contributed by atoms with Gasteiger partial charge in [0.1, 0.15) is 11.9 Å². The first-order valence-electron chi connectivity index (χ1n) is 11.6. The van der Waals surface area contributed by atoms with Crippen LogP contribution in [-0.2, 0) is 22.4 Å². The molecule has 0 saturated heterocycles. The van der Waals surface area contributed by atoms with Crippen molar-refractivity contribution < 1.29 is 19.4 Å². The summed E-state index contributed by atoms with van der Waals surface area (Å²) >= 11 is 12.1. The van der Waals surface area contributed by atoms with Crippen LogP contribution in [-0.4, -0.2) is 54.2 Å². The van der Waals surface area contributed by atoms with E-state index in [1.165, 1.54) is 5.56 Å². The quantitative estimate of drug-likeness (QED) is 0.268. The maximum absolute atomic E-state index is 12.4. The predicted molar refractivity (Wildman–Crippen MR) is 134 cm³/mol. The predicted octanol–water partition coefficient (Wildman–Crippen LogP) is 4.65. The molecule has 2 atom stereocenters. The maximum atomic E-state index is 12.4. The number of aliphatic carboxylic acids is 1. The molecule has 0 radical (unpaired) electrons. The van der Waals surface area contributed by atoms with Gasteiger partial charge in [-0.15, -0.1) is 0 Å². The lowest BCUT2D eigenvalue weighted by Gasteiger charge is -2.18. The third-order valence-electron chi connectivity index (χ3n) is 5.85. The van der Waals surface area contributed by atoms with Crippen LogP contribution in [0.3, 0.4) is 0 Å². The Bertz CT molecular complexity index is 982. The Morgan fingerprint density at radius 1 is 1.21 bits per heavy atom. The molecule has 2 aromatic rings. The summed E-state index contributed by atoms with van der Waals surface area (Å²) in [5.41, 5.74) is 2.54. The van der Waals surface area contributed by atoms with Crippen LogP contribution in [0.25, 0.3) is 0 Å². The number of ether oxygens (including phenoxy) is 1. The van der Waals surface area contributed by atoms with Crippen LogP contribution >= 0.6 is 23.2 Å². The summed E-state index contributed by atoms with van der Waals surface area (Å²) in [5, 5.41) is 16.1. The lowest BCUT2D eigenvalue weighted by molar-refractivity contribution is -0.140. The Labute approximate surface area is 210 Å². The molecule has 7 nitrogen and oxygen atoms in total. The number of aromatic nitrogens is 1. The fourth-order valence-corrected chi connectivity index (χ4v) is 4.46. The molecule has 3 rings (SSSR count). The summed E-state index contributed by atoms with van der Waals surface area (Å²) in [4.78, 5) is 28.7. The van der Waals surface area contributed by atoms with E-state index in [9.17, 15) is 14.7 Å². The summed E-state index contributed by atoms with van der Waals surface area (Å²) < 4.78 is 5.72. The van der Waals surface area contributed by atoms with Crippen molar-refractivity contribution in [3.8, 4) is 0 Å². The van der Waals surface area contributed by atoms with Crippen molar-refractivity contribution in [1.29, 1.82) is 0 Å². The van der Waals surface area contributed by atoms with E-state index in [1.807, 2.05) is 0 Å². The highest BCUT2D eigenvalue weighted by Gasteiger charge is 2.21. The van der Waals surface area contributed by atoms with Crippen molar-refractivity contribution in [1.82, 2.24) is 10.3 Å². The highest BCUT2D eigenvalue weighted by atomic mass is 35.5. The van der Waals surface area contributed by atoms with Crippen molar-refractivity contribution >= 4 is 40.8 Å². The number of halogens is 2. The van der Waals surface area contributed by atoms with Gasteiger partial charge in [-0.3, -0.25) is 14.9 Å². The zero-order valence-corrected chi connectivity index (χ0v) is 20.8. The van der Waals surface area contributed by atoms with E-state index in [0.717, 1.165) is 43.7 Å². The SMILES string of the molecule is C[C@@H](CCc1ccc2c(n1)NCCC2)COCC[C@@H](NCC(=O)c1c(Cl)cccc1Cl)C(=O)O. The van der Waals surface area contributed by atoms with E-state index < -0.39 is 12.0 Å². The van der Waals surface area contributed by atoms with Crippen LogP contribution in [0.1, 0.15) is 47.8 Å². The van der Waals surface area contributed by atoms with Gasteiger partial charge in [0, 0.05) is 25.5 Å². The number of carbonyl (C=O) groups excluding carboxylic acids is 1. The maximum Gasteiger partial charge on any atom is 0.320 e. The molecule has 0 aliphatic carbocycles. The van der Waals surface area contributed by atoms with E-state index in [4.69, 9.17) is 32.9 Å². The number of nitrogens with zero attached hydrogens (tertiary/aromatic N) is 1. The van der Waals surface area contributed by atoms with Gasteiger partial charge in [0.05, 0.1) is 22.2 Å². The Hall–Kier alpha value is -2.19. The Morgan fingerprint density at radius 2 is 1.97 bits per heavy atom. The number of Topliss-reactive ketones (excluding diaryl/α,β-unsaturated/α-hetero) is 1. The van der Waals surface area contributed by atoms with Crippen LogP contribution < -0.4 is 10.6 Å². The molecule has 0 spiro atoms. The second kappa shape index (κ2) is 13.0. The van der Waals surface area contributed by atoms with Crippen molar-refractivity contribution in [3.05, 3.63) is 57.2 Å². The normalized spacial score (nSPS) is 14.7. The number of benzene rings is 1. The Balaban J connectivity index is 1.37. The molecule has 2 heterocycles. The van der Waals surface area contributed by atoms with E-state index in [0.29, 0.717) is 12.5 Å². The van der Waals surface area contributed by atoms with Crippen LogP contribution in [0.5, 0.6) is 0 Å². The fraction of sp³-hybridized carbons (Fsp3) is 0.480. The molecule has 184 valence electrons. The average molecular weight is 508 g/mol. The number of nitrogens with one attached hydrogen (secondary N) is 2. The lowest BCUT2D eigenvalue weighted by atomic mass is 10.0. The summed E-state index contributed by atoms with van der Waals surface area (Å²) in [7, 11) is 0. The highest BCUT2D eigenvalue weighted by Crippen LogP contribution is 2.24. The van der Waals surface area contributed by atoms with E-state index in [-0.39, 0.29) is 41.0 Å². The molecule has 9 heteroatoms. The molecule has 0 amide bonds. The molecule has 0 saturated carbocycles. The highest BCUT2D eigenvalue weighted by molar-refractivity contribution is 6.39.